The fourth-order valence-electron chi connectivity index (χ4n) is 1.57. The van der Waals surface area contributed by atoms with Gasteiger partial charge in [-0.3, -0.25) is 4.90 Å². The van der Waals surface area contributed by atoms with Crippen LogP contribution in [0.15, 0.2) is 0 Å². The van der Waals surface area contributed by atoms with Crippen molar-refractivity contribution < 1.29 is 14.6 Å². The average molecular weight is 230 g/mol. The Morgan fingerprint density at radius 1 is 1.44 bits per heavy atom. The summed E-state index contributed by atoms with van der Waals surface area (Å²) in [5, 5.41) is 12.0. The van der Waals surface area contributed by atoms with E-state index in [2.05, 4.69) is 10.2 Å². The number of rotatable bonds is 2. The number of likely N-dealkylation sites (tertiary alicyclic amines) is 1. The van der Waals surface area contributed by atoms with Gasteiger partial charge in [0, 0.05) is 13.1 Å². The molecule has 5 nitrogen and oxygen atoms in total. The molecule has 0 bridgehead atoms. The highest BCUT2D eigenvalue weighted by Gasteiger charge is 2.19. The highest BCUT2D eigenvalue weighted by Crippen LogP contribution is 2.09. The van der Waals surface area contributed by atoms with Crippen LogP contribution in [0.2, 0.25) is 0 Å². The van der Waals surface area contributed by atoms with Gasteiger partial charge in [0.2, 0.25) is 0 Å². The van der Waals surface area contributed by atoms with Gasteiger partial charge in [-0.05, 0) is 33.6 Å². The first-order valence-electron chi connectivity index (χ1n) is 5.74. The van der Waals surface area contributed by atoms with Crippen LogP contribution in [-0.2, 0) is 4.74 Å². The van der Waals surface area contributed by atoms with Crippen LogP contribution in [0.1, 0.15) is 33.6 Å². The van der Waals surface area contributed by atoms with Gasteiger partial charge in [0.1, 0.15) is 5.60 Å². The van der Waals surface area contributed by atoms with Crippen molar-refractivity contribution in [2.75, 3.05) is 19.8 Å². The smallest absolute Gasteiger partial charge is 0.408 e. The van der Waals surface area contributed by atoms with Gasteiger partial charge >= 0.3 is 6.09 Å². The normalized spacial score (nSPS) is 19.5. The third-order valence-electron chi connectivity index (χ3n) is 2.40. The minimum atomic E-state index is -0.456. The van der Waals surface area contributed by atoms with Gasteiger partial charge in [0.05, 0.1) is 12.8 Å². The predicted octanol–water partition coefficient (Wildman–Crippen LogP) is 0.925. The summed E-state index contributed by atoms with van der Waals surface area (Å²) < 4.78 is 5.12. The third-order valence-corrected chi connectivity index (χ3v) is 2.40. The zero-order valence-electron chi connectivity index (χ0n) is 10.3. The Bertz CT molecular complexity index is 230. The number of aliphatic hydroxyl groups is 1. The van der Waals surface area contributed by atoms with Crippen molar-refractivity contribution in [2.24, 2.45) is 0 Å². The second kappa shape index (κ2) is 5.50. The van der Waals surface area contributed by atoms with Crippen molar-refractivity contribution in [1.82, 2.24) is 10.2 Å². The number of amides is 1. The summed E-state index contributed by atoms with van der Waals surface area (Å²) in [6, 6.07) is 0. The summed E-state index contributed by atoms with van der Waals surface area (Å²) in [5.74, 6) is 0. The van der Waals surface area contributed by atoms with Crippen molar-refractivity contribution >= 4 is 6.09 Å². The zero-order chi connectivity index (χ0) is 12.2. The number of hydrogen-bond donors (Lipinski definition) is 2. The Labute approximate surface area is 96.8 Å². The Balaban J connectivity index is 2.17. The molecule has 0 atom stereocenters. The van der Waals surface area contributed by atoms with Crippen molar-refractivity contribution in [3.05, 3.63) is 0 Å². The topological polar surface area (TPSA) is 61.8 Å². The molecule has 0 saturated carbocycles. The number of nitrogens with zero attached hydrogens (tertiary/aromatic N) is 1. The molecule has 1 heterocycles. The molecule has 2 N–H and O–H groups in total. The first-order chi connectivity index (χ1) is 7.37. The molecule has 0 aromatic carbocycles. The number of alkyl carbamates (subject to hydrolysis) is 1. The zero-order valence-corrected chi connectivity index (χ0v) is 10.3. The van der Waals surface area contributed by atoms with Crippen molar-refractivity contribution in [2.45, 2.75) is 45.3 Å². The molecule has 16 heavy (non-hydrogen) atoms. The van der Waals surface area contributed by atoms with Gasteiger partial charge in [-0.15, -0.1) is 0 Å². The second-order valence-electron chi connectivity index (χ2n) is 5.19. The molecule has 1 rings (SSSR count). The number of hydrogen-bond acceptors (Lipinski definition) is 4. The monoisotopic (exact) mass is 230 g/mol. The van der Waals surface area contributed by atoms with E-state index >= 15 is 0 Å². The summed E-state index contributed by atoms with van der Waals surface area (Å²) in [4.78, 5) is 13.5. The lowest BCUT2D eigenvalue weighted by Gasteiger charge is -2.29. The highest BCUT2D eigenvalue weighted by atomic mass is 16.6. The fraction of sp³-hybridized carbons (Fsp3) is 0.909. The van der Waals surface area contributed by atoms with E-state index in [-0.39, 0.29) is 6.10 Å². The first-order valence-corrected chi connectivity index (χ1v) is 5.74. The predicted molar refractivity (Wildman–Crippen MR) is 61.1 cm³/mol. The average Bonchev–Trinajstić information content (AvgIpc) is 2.14. The van der Waals surface area contributed by atoms with E-state index in [9.17, 15) is 9.90 Å². The maximum absolute atomic E-state index is 11.4. The van der Waals surface area contributed by atoms with Crippen LogP contribution in [0.25, 0.3) is 0 Å². The molecular formula is C11H22N2O3. The molecule has 94 valence electrons. The van der Waals surface area contributed by atoms with Crippen LogP contribution in [0, 0.1) is 0 Å². The van der Waals surface area contributed by atoms with E-state index in [1.54, 1.807) is 0 Å². The highest BCUT2D eigenvalue weighted by molar-refractivity contribution is 5.67. The number of carbonyl (C=O) groups is 1. The van der Waals surface area contributed by atoms with Gasteiger partial charge in [0.15, 0.2) is 0 Å². The molecule has 5 heteroatoms. The van der Waals surface area contributed by atoms with Gasteiger partial charge in [-0.25, -0.2) is 4.79 Å². The van der Waals surface area contributed by atoms with Crippen molar-refractivity contribution in [3.63, 3.8) is 0 Å². The van der Waals surface area contributed by atoms with Crippen molar-refractivity contribution in [1.29, 1.82) is 0 Å². The molecule has 1 aliphatic rings. The van der Waals surface area contributed by atoms with Crippen LogP contribution < -0.4 is 5.32 Å². The molecule has 0 spiro atoms. The molecule has 0 aliphatic carbocycles. The molecule has 1 amide bonds. The first kappa shape index (κ1) is 13.3. The van der Waals surface area contributed by atoms with E-state index in [0.717, 1.165) is 25.9 Å². The molecule has 0 aromatic rings. The van der Waals surface area contributed by atoms with E-state index in [0.29, 0.717) is 6.67 Å². The Hall–Kier alpha value is -0.810. The van der Waals surface area contributed by atoms with Crippen LogP contribution >= 0.6 is 0 Å². The molecular weight excluding hydrogens is 208 g/mol. The van der Waals surface area contributed by atoms with Gasteiger partial charge in [0.25, 0.3) is 0 Å². The SMILES string of the molecule is CC(C)(C)OC(=O)NCN1CCC(O)CC1. The Kier molecular flexibility index (Phi) is 4.56. The maximum atomic E-state index is 11.4. The summed E-state index contributed by atoms with van der Waals surface area (Å²) in [6.07, 6.45) is 0.975. The molecule has 1 fully saturated rings. The van der Waals surface area contributed by atoms with Gasteiger partial charge in [-0.1, -0.05) is 0 Å². The van der Waals surface area contributed by atoms with Crippen LogP contribution in [0.5, 0.6) is 0 Å². The molecule has 0 radical (unpaired) electrons. The Morgan fingerprint density at radius 3 is 2.50 bits per heavy atom. The quantitative estimate of drug-likeness (QED) is 0.740. The van der Waals surface area contributed by atoms with Crippen LogP contribution in [0.4, 0.5) is 4.79 Å². The fourth-order valence-corrected chi connectivity index (χ4v) is 1.57. The van der Waals surface area contributed by atoms with E-state index in [1.165, 1.54) is 0 Å². The number of nitrogens with one attached hydrogen (secondary N) is 1. The summed E-state index contributed by atoms with van der Waals surface area (Å²) in [7, 11) is 0. The summed E-state index contributed by atoms with van der Waals surface area (Å²) in [5.41, 5.74) is -0.456. The van der Waals surface area contributed by atoms with E-state index < -0.39 is 11.7 Å². The lowest BCUT2D eigenvalue weighted by molar-refractivity contribution is 0.0436. The van der Waals surface area contributed by atoms with Crippen molar-refractivity contribution in [3.8, 4) is 0 Å². The second-order valence-corrected chi connectivity index (χ2v) is 5.19. The van der Waals surface area contributed by atoms with E-state index in [1.807, 2.05) is 20.8 Å². The lowest BCUT2D eigenvalue weighted by Crippen LogP contribution is -2.44. The number of aliphatic hydroxyl groups excluding tert-OH is 1. The van der Waals surface area contributed by atoms with Gasteiger partial charge < -0.3 is 15.2 Å². The van der Waals surface area contributed by atoms with Gasteiger partial charge in [-0.2, -0.15) is 0 Å². The standard InChI is InChI=1S/C11H22N2O3/c1-11(2,3)16-10(15)12-8-13-6-4-9(14)5-7-13/h9,14H,4-8H2,1-3H3,(H,12,15). The minimum Gasteiger partial charge on any atom is -0.444 e. The molecule has 1 aliphatic heterocycles. The molecule has 0 aromatic heterocycles. The Morgan fingerprint density at radius 2 is 2.00 bits per heavy atom. The largest absolute Gasteiger partial charge is 0.444 e. The lowest BCUT2D eigenvalue weighted by atomic mass is 10.1. The molecule has 1 saturated heterocycles. The number of carbonyl (C=O) groups excluding carboxylic acids is 1. The number of piperidine rings is 1. The third kappa shape index (κ3) is 5.32. The van der Waals surface area contributed by atoms with Crippen LogP contribution in [-0.4, -0.2) is 47.6 Å². The minimum absolute atomic E-state index is 0.183. The number of ether oxygens (including phenoxy) is 1. The van der Waals surface area contributed by atoms with Crippen LogP contribution in [0.3, 0.4) is 0 Å². The maximum Gasteiger partial charge on any atom is 0.408 e. The molecule has 0 unspecified atom stereocenters. The van der Waals surface area contributed by atoms with E-state index in [4.69, 9.17) is 4.74 Å². The summed E-state index contributed by atoms with van der Waals surface area (Å²) in [6.45, 7) is 7.63. The summed E-state index contributed by atoms with van der Waals surface area (Å²) >= 11 is 0.